The molecule has 1 heterocycles. The summed E-state index contributed by atoms with van der Waals surface area (Å²) in [5.74, 6) is -0.362. The molecule has 0 saturated carbocycles. The predicted molar refractivity (Wildman–Crippen MR) is 88.7 cm³/mol. The van der Waals surface area contributed by atoms with Crippen molar-refractivity contribution < 1.29 is 13.9 Å². The fraction of sp³-hybridized carbons (Fsp3) is 0.158. The number of carbonyl (C=O) groups is 1. The normalized spacial score (nSPS) is 10.7. The monoisotopic (exact) mass is 308 g/mol. The van der Waals surface area contributed by atoms with Crippen LogP contribution < -0.4 is 10.2 Å². The molecule has 23 heavy (non-hydrogen) atoms. The third-order valence-electron chi connectivity index (χ3n) is 3.75. The molecule has 0 aliphatic carbocycles. The summed E-state index contributed by atoms with van der Waals surface area (Å²) in [4.78, 5) is 24.2. The van der Waals surface area contributed by atoms with Gasteiger partial charge in [-0.25, -0.2) is 0 Å². The predicted octanol–water partition coefficient (Wildman–Crippen LogP) is 4.00. The molecule has 0 fully saturated rings. The molecule has 0 radical (unpaired) electrons. The van der Waals surface area contributed by atoms with E-state index in [-0.39, 0.29) is 16.9 Å². The number of hydrogen-bond acceptors (Lipinski definition) is 4. The summed E-state index contributed by atoms with van der Waals surface area (Å²) in [6.45, 7) is 5.14. The number of benzene rings is 2. The molecule has 0 unspecified atom stereocenters. The Bertz CT molecular complexity index is 953. The van der Waals surface area contributed by atoms with E-state index in [0.717, 1.165) is 11.1 Å². The zero-order valence-corrected chi connectivity index (χ0v) is 13.2. The molecule has 116 valence electrons. The Hall–Kier alpha value is -2.88. The van der Waals surface area contributed by atoms with Gasteiger partial charge in [0.1, 0.15) is 5.58 Å². The second-order valence-electron chi connectivity index (χ2n) is 5.48. The van der Waals surface area contributed by atoms with Gasteiger partial charge in [0.15, 0.2) is 5.76 Å². The van der Waals surface area contributed by atoms with Gasteiger partial charge in [0.25, 0.3) is 0 Å². The third-order valence-corrected chi connectivity index (χ3v) is 3.75. The topological polar surface area (TPSA) is 56.5 Å². The lowest BCUT2D eigenvalue weighted by atomic mass is 10.0. The number of carbonyl (C=O) groups excluding carboxylic acids is 1. The average molecular weight is 308 g/mol. The fourth-order valence-corrected chi connectivity index (χ4v) is 2.45. The average Bonchev–Trinajstić information content (AvgIpc) is 2.52. The molecule has 3 aromatic rings. The molecular formula is C19H16O4. The van der Waals surface area contributed by atoms with E-state index in [1.165, 1.54) is 6.92 Å². The second kappa shape index (κ2) is 5.72. The van der Waals surface area contributed by atoms with Gasteiger partial charge in [-0.3, -0.25) is 9.59 Å². The van der Waals surface area contributed by atoms with Crippen molar-refractivity contribution in [3.05, 3.63) is 63.8 Å². The summed E-state index contributed by atoms with van der Waals surface area (Å²) in [5, 5.41) is 0.407. The maximum absolute atomic E-state index is 12.8. The van der Waals surface area contributed by atoms with Crippen LogP contribution in [0.1, 0.15) is 18.1 Å². The van der Waals surface area contributed by atoms with Gasteiger partial charge in [0, 0.05) is 12.5 Å². The highest BCUT2D eigenvalue weighted by atomic mass is 16.5. The number of ether oxygens (including phenoxy) is 1. The van der Waals surface area contributed by atoms with Crippen LogP contribution in [-0.4, -0.2) is 5.97 Å². The Morgan fingerprint density at radius 3 is 2.35 bits per heavy atom. The fourth-order valence-electron chi connectivity index (χ4n) is 2.45. The number of aryl methyl sites for hydroxylation is 2. The zero-order valence-electron chi connectivity index (χ0n) is 13.2. The van der Waals surface area contributed by atoms with Gasteiger partial charge in [-0.15, -0.1) is 0 Å². The molecule has 1 aromatic heterocycles. The second-order valence-corrected chi connectivity index (χ2v) is 5.48. The first-order valence-electron chi connectivity index (χ1n) is 7.29. The van der Waals surface area contributed by atoms with Gasteiger partial charge in [0.2, 0.25) is 11.2 Å². The van der Waals surface area contributed by atoms with Crippen LogP contribution >= 0.6 is 0 Å². The van der Waals surface area contributed by atoms with Crippen molar-refractivity contribution in [2.45, 2.75) is 20.8 Å². The molecule has 0 N–H and O–H groups in total. The number of esters is 1. The van der Waals surface area contributed by atoms with Crippen LogP contribution in [-0.2, 0) is 4.79 Å². The molecule has 3 rings (SSSR count). The van der Waals surface area contributed by atoms with Crippen LogP contribution in [0.25, 0.3) is 22.3 Å². The van der Waals surface area contributed by atoms with Crippen LogP contribution in [0.15, 0.2) is 51.7 Å². The van der Waals surface area contributed by atoms with Crippen LogP contribution in [0, 0.1) is 13.8 Å². The van der Waals surface area contributed by atoms with Crippen LogP contribution in [0.4, 0.5) is 0 Å². The summed E-state index contributed by atoms with van der Waals surface area (Å²) >= 11 is 0. The maximum atomic E-state index is 12.8. The molecule has 0 aliphatic rings. The van der Waals surface area contributed by atoms with Crippen molar-refractivity contribution in [3.63, 3.8) is 0 Å². The maximum Gasteiger partial charge on any atom is 0.308 e. The molecule has 2 aromatic carbocycles. The van der Waals surface area contributed by atoms with Crippen LogP contribution in [0.3, 0.4) is 0 Å². The summed E-state index contributed by atoms with van der Waals surface area (Å²) < 4.78 is 11.1. The van der Waals surface area contributed by atoms with Crippen molar-refractivity contribution in [3.8, 4) is 17.1 Å². The van der Waals surface area contributed by atoms with E-state index in [9.17, 15) is 9.59 Å². The molecule has 4 heteroatoms. The highest BCUT2D eigenvalue weighted by molar-refractivity contribution is 5.85. The lowest BCUT2D eigenvalue weighted by Crippen LogP contribution is -2.13. The summed E-state index contributed by atoms with van der Waals surface area (Å²) in [5.41, 5.74) is 2.82. The smallest absolute Gasteiger partial charge is 0.308 e. The van der Waals surface area contributed by atoms with E-state index in [1.807, 2.05) is 38.1 Å². The number of fused-ring (bicyclic) bond motifs is 1. The summed E-state index contributed by atoms with van der Waals surface area (Å²) in [6.07, 6.45) is 0. The minimum absolute atomic E-state index is 0.0700. The van der Waals surface area contributed by atoms with Gasteiger partial charge < -0.3 is 9.15 Å². The van der Waals surface area contributed by atoms with Crippen molar-refractivity contribution in [2.75, 3.05) is 0 Å². The van der Waals surface area contributed by atoms with Crippen LogP contribution in [0.5, 0.6) is 5.75 Å². The lowest BCUT2D eigenvalue weighted by molar-refractivity contribution is -0.131. The minimum atomic E-state index is -0.558. The summed E-state index contributed by atoms with van der Waals surface area (Å²) in [6, 6.07) is 12.7. The molecular weight excluding hydrogens is 292 g/mol. The number of hydrogen-bond donors (Lipinski definition) is 0. The van der Waals surface area contributed by atoms with Crippen molar-refractivity contribution in [2.24, 2.45) is 0 Å². The Morgan fingerprint density at radius 2 is 1.70 bits per heavy atom. The highest BCUT2D eigenvalue weighted by Crippen LogP contribution is 2.31. The van der Waals surface area contributed by atoms with Gasteiger partial charge in [0.05, 0.1) is 5.39 Å². The Kier molecular flexibility index (Phi) is 3.74. The van der Waals surface area contributed by atoms with Gasteiger partial charge in [-0.2, -0.15) is 0 Å². The third kappa shape index (κ3) is 2.75. The standard InChI is InChI=1S/C19H16O4/c1-11-9-15-16(10-12(11)2)23-18(14-7-5-4-6-8-14)19(17(15)21)22-13(3)20/h4-10H,1-3H3. The SMILES string of the molecule is CC(=O)Oc1c(-c2ccccc2)oc2cc(C)c(C)cc2c1=O. The minimum Gasteiger partial charge on any atom is -0.452 e. The van der Waals surface area contributed by atoms with E-state index in [4.69, 9.17) is 9.15 Å². The van der Waals surface area contributed by atoms with Crippen molar-refractivity contribution >= 4 is 16.9 Å². The first-order chi connectivity index (χ1) is 11.0. The highest BCUT2D eigenvalue weighted by Gasteiger charge is 2.19. The zero-order chi connectivity index (χ0) is 16.6. The van der Waals surface area contributed by atoms with Crippen molar-refractivity contribution in [1.29, 1.82) is 0 Å². The molecule has 0 saturated heterocycles. The van der Waals surface area contributed by atoms with Crippen molar-refractivity contribution in [1.82, 2.24) is 0 Å². The molecule has 0 bridgehead atoms. The van der Waals surface area contributed by atoms with Crippen LogP contribution in [0.2, 0.25) is 0 Å². The Morgan fingerprint density at radius 1 is 1.04 bits per heavy atom. The van der Waals surface area contributed by atoms with Gasteiger partial charge in [-0.05, 0) is 37.1 Å². The Labute approximate surface area is 133 Å². The lowest BCUT2D eigenvalue weighted by Gasteiger charge is -2.10. The molecule has 0 atom stereocenters. The first-order valence-corrected chi connectivity index (χ1v) is 7.29. The molecule has 4 nitrogen and oxygen atoms in total. The van der Waals surface area contributed by atoms with Gasteiger partial charge in [-0.1, -0.05) is 30.3 Å². The number of rotatable bonds is 2. The van der Waals surface area contributed by atoms with E-state index >= 15 is 0 Å². The first kappa shape index (κ1) is 15.0. The summed E-state index contributed by atoms with van der Waals surface area (Å²) in [7, 11) is 0. The largest absolute Gasteiger partial charge is 0.452 e. The van der Waals surface area contributed by atoms with E-state index in [0.29, 0.717) is 16.5 Å². The molecule has 0 aliphatic heterocycles. The molecule has 0 amide bonds. The molecule has 0 spiro atoms. The quantitative estimate of drug-likeness (QED) is 0.671. The van der Waals surface area contributed by atoms with E-state index < -0.39 is 5.97 Å². The van der Waals surface area contributed by atoms with E-state index in [1.54, 1.807) is 18.2 Å². The van der Waals surface area contributed by atoms with E-state index in [2.05, 4.69) is 0 Å². The van der Waals surface area contributed by atoms with Gasteiger partial charge >= 0.3 is 5.97 Å². The Balaban J connectivity index is 2.39.